The average Bonchev–Trinajstić information content (AvgIpc) is 2.70. The predicted molar refractivity (Wildman–Crippen MR) is 112 cm³/mol. The molecule has 3 rings (SSSR count). The third-order valence-electron chi connectivity index (χ3n) is 5.03. The van der Waals surface area contributed by atoms with Crippen LogP contribution in [0.1, 0.15) is 30.4 Å². The van der Waals surface area contributed by atoms with Gasteiger partial charge in [-0.15, -0.1) is 0 Å². The van der Waals surface area contributed by atoms with E-state index in [1.54, 1.807) is 44.2 Å². The van der Waals surface area contributed by atoms with E-state index in [-0.39, 0.29) is 23.2 Å². The molecule has 0 saturated carbocycles. The Bertz CT molecular complexity index is 1000. The summed E-state index contributed by atoms with van der Waals surface area (Å²) in [7, 11) is -3.56. The maximum Gasteiger partial charge on any atom is 0.243 e. The van der Waals surface area contributed by atoms with Gasteiger partial charge >= 0.3 is 0 Å². The zero-order valence-electron chi connectivity index (χ0n) is 16.7. The highest BCUT2D eigenvalue weighted by molar-refractivity contribution is 7.89. The summed E-state index contributed by atoms with van der Waals surface area (Å²) in [6.07, 6.45) is 2.79. The lowest BCUT2D eigenvalue weighted by Gasteiger charge is -2.26. The van der Waals surface area contributed by atoms with Crippen LogP contribution in [0.2, 0.25) is 0 Å². The number of hydrogen-bond acceptors (Lipinski definition) is 4. The van der Waals surface area contributed by atoms with Gasteiger partial charge in [0.05, 0.1) is 11.4 Å². The van der Waals surface area contributed by atoms with Crippen molar-refractivity contribution in [2.45, 2.75) is 38.0 Å². The minimum Gasteiger partial charge on any atom is -0.376 e. The van der Waals surface area contributed by atoms with Gasteiger partial charge in [0.15, 0.2) is 0 Å². The summed E-state index contributed by atoms with van der Waals surface area (Å²) < 4.78 is 41.1. The van der Waals surface area contributed by atoms with Gasteiger partial charge in [0.1, 0.15) is 5.82 Å². The Kier molecular flexibility index (Phi) is 6.54. The van der Waals surface area contributed by atoms with Crippen molar-refractivity contribution in [1.29, 1.82) is 0 Å². The number of nitrogens with one attached hydrogen (secondary N) is 2. The molecule has 2 aromatic rings. The number of piperidine rings is 1. The molecule has 1 heterocycles. The molecule has 0 aliphatic carbocycles. The number of amides is 1. The molecule has 1 saturated heterocycles. The van der Waals surface area contributed by atoms with E-state index in [0.717, 1.165) is 19.3 Å². The lowest BCUT2D eigenvalue weighted by molar-refractivity contribution is -0.114. The van der Waals surface area contributed by atoms with E-state index in [1.807, 2.05) is 0 Å². The van der Waals surface area contributed by atoms with Crippen molar-refractivity contribution >= 4 is 27.3 Å². The van der Waals surface area contributed by atoms with E-state index in [2.05, 4.69) is 10.6 Å². The molecule has 0 aromatic heterocycles. The molecule has 1 aliphatic rings. The van der Waals surface area contributed by atoms with E-state index in [0.29, 0.717) is 35.6 Å². The van der Waals surface area contributed by atoms with Crippen LogP contribution in [0.3, 0.4) is 0 Å². The van der Waals surface area contributed by atoms with Crippen LogP contribution < -0.4 is 10.6 Å². The van der Waals surface area contributed by atoms with E-state index in [4.69, 9.17) is 0 Å². The molecule has 0 atom stereocenters. The quantitative estimate of drug-likeness (QED) is 0.749. The van der Waals surface area contributed by atoms with Gasteiger partial charge < -0.3 is 10.6 Å². The standard InChI is InChI=1S/C21H26FN3O3S/c1-15-6-9-18(12-19(15)22)24-21(26)14-23-17-8-7-16(2)20(13-17)29(27,28)25-10-4-3-5-11-25/h6-9,12-13,23H,3-5,10-11,14H2,1-2H3,(H,24,26). The Labute approximate surface area is 171 Å². The maximum atomic E-state index is 13.6. The number of sulfonamides is 1. The van der Waals surface area contributed by atoms with Crippen molar-refractivity contribution in [1.82, 2.24) is 4.31 Å². The highest BCUT2D eigenvalue weighted by atomic mass is 32.2. The molecule has 1 amide bonds. The van der Waals surface area contributed by atoms with E-state index in [9.17, 15) is 17.6 Å². The minimum absolute atomic E-state index is 0.0677. The Morgan fingerprint density at radius 3 is 2.34 bits per heavy atom. The predicted octanol–water partition coefficient (Wildman–Crippen LogP) is 3.67. The van der Waals surface area contributed by atoms with Crippen molar-refractivity contribution in [2.24, 2.45) is 0 Å². The summed E-state index contributed by atoms with van der Waals surface area (Å²) in [4.78, 5) is 12.4. The second-order valence-electron chi connectivity index (χ2n) is 7.31. The molecule has 1 aliphatic heterocycles. The highest BCUT2D eigenvalue weighted by Crippen LogP contribution is 2.26. The summed E-state index contributed by atoms with van der Waals surface area (Å²) in [5.41, 5.74) is 2.08. The Balaban J connectivity index is 1.67. The second kappa shape index (κ2) is 8.92. The summed E-state index contributed by atoms with van der Waals surface area (Å²) >= 11 is 0. The Morgan fingerprint density at radius 2 is 1.66 bits per heavy atom. The fourth-order valence-corrected chi connectivity index (χ4v) is 5.06. The summed E-state index contributed by atoms with van der Waals surface area (Å²) in [6.45, 7) is 4.42. The second-order valence-corrected chi connectivity index (χ2v) is 9.22. The van der Waals surface area contributed by atoms with Gasteiger partial charge in [-0.2, -0.15) is 4.31 Å². The fourth-order valence-electron chi connectivity index (χ4n) is 3.29. The smallest absolute Gasteiger partial charge is 0.243 e. The summed E-state index contributed by atoms with van der Waals surface area (Å²) in [5, 5.41) is 5.56. The van der Waals surface area contributed by atoms with Crippen LogP contribution >= 0.6 is 0 Å². The lowest BCUT2D eigenvalue weighted by Crippen LogP contribution is -2.36. The molecule has 6 nitrogen and oxygen atoms in total. The van der Waals surface area contributed by atoms with Crippen molar-refractivity contribution < 1.29 is 17.6 Å². The van der Waals surface area contributed by atoms with Crippen LogP contribution in [-0.2, 0) is 14.8 Å². The first-order valence-corrected chi connectivity index (χ1v) is 11.1. The third-order valence-corrected chi connectivity index (χ3v) is 7.07. The van der Waals surface area contributed by atoms with Crippen LogP contribution in [-0.4, -0.2) is 38.3 Å². The van der Waals surface area contributed by atoms with Gasteiger partial charge in [0.25, 0.3) is 0 Å². The number of anilines is 2. The van der Waals surface area contributed by atoms with Crippen molar-refractivity contribution in [3.8, 4) is 0 Å². The molecule has 8 heteroatoms. The zero-order valence-corrected chi connectivity index (χ0v) is 17.5. The maximum absolute atomic E-state index is 13.6. The number of hydrogen-bond donors (Lipinski definition) is 2. The molecule has 0 spiro atoms. The number of nitrogens with zero attached hydrogens (tertiary/aromatic N) is 1. The van der Waals surface area contributed by atoms with E-state index >= 15 is 0 Å². The van der Waals surface area contributed by atoms with Gasteiger partial charge in [-0.05, 0) is 62.1 Å². The topological polar surface area (TPSA) is 78.5 Å². The van der Waals surface area contributed by atoms with E-state index < -0.39 is 10.0 Å². The third kappa shape index (κ3) is 5.13. The number of benzene rings is 2. The number of carbonyl (C=O) groups is 1. The molecule has 29 heavy (non-hydrogen) atoms. The molecular formula is C21H26FN3O3S. The highest BCUT2D eigenvalue weighted by Gasteiger charge is 2.27. The molecule has 156 valence electrons. The van der Waals surface area contributed by atoms with Crippen LogP contribution in [0.4, 0.5) is 15.8 Å². The van der Waals surface area contributed by atoms with Gasteiger partial charge in [-0.3, -0.25) is 4.79 Å². The van der Waals surface area contributed by atoms with E-state index in [1.165, 1.54) is 10.4 Å². The van der Waals surface area contributed by atoms with Gasteiger partial charge in [0.2, 0.25) is 15.9 Å². The van der Waals surface area contributed by atoms with Crippen LogP contribution in [0, 0.1) is 19.7 Å². The first-order valence-electron chi connectivity index (χ1n) is 9.68. The SMILES string of the molecule is Cc1ccc(NC(=O)CNc2ccc(C)c(S(=O)(=O)N3CCCCC3)c2)cc1F. The molecule has 1 fully saturated rings. The van der Waals surface area contributed by atoms with Gasteiger partial charge in [-0.1, -0.05) is 18.6 Å². The zero-order chi connectivity index (χ0) is 21.0. The number of halogens is 1. The first-order chi connectivity index (χ1) is 13.8. The average molecular weight is 420 g/mol. The number of rotatable bonds is 6. The number of aryl methyl sites for hydroxylation is 2. The molecule has 0 bridgehead atoms. The largest absolute Gasteiger partial charge is 0.376 e. The van der Waals surface area contributed by atoms with Crippen molar-refractivity contribution in [3.63, 3.8) is 0 Å². The van der Waals surface area contributed by atoms with Crippen LogP contribution in [0.15, 0.2) is 41.3 Å². The molecule has 0 radical (unpaired) electrons. The van der Waals surface area contributed by atoms with Gasteiger partial charge in [-0.25, -0.2) is 12.8 Å². The normalized spacial score (nSPS) is 15.1. The Morgan fingerprint density at radius 1 is 1.00 bits per heavy atom. The fraction of sp³-hybridized carbons (Fsp3) is 0.381. The van der Waals surface area contributed by atoms with Crippen molar-refractivity contribution in [2.75, 3.05) is 30.3 Å². The van der Waals surface area contributed by atoms with Crippen LogP contribution in [0.25, 0.3) is 0 Å². The monoisotopic (exact) mass is 419 g/mol. The van der Waals surface area contributed by atoms with Crippen molar-refractivity contribution in [3.05, 3.63) is 53.3 Å². The summed E-state index contributed by atoms with van der Waals surface area (Å²) in [5.74, 6) is -0.740. The first kappa shape index (κ1) is 21.3. The molecule has 0 unspecified atom stereocenters. The minimum atomic E-state index is -3.56. The van der Waals surface area contributed by atoms with Gasteiger partial charge in [0, 0.05) is 24.5 Å². The number of carbonyl (C=O) groups excluding carboxylic acids is 1. The molecular weight excluding hydrogens is 393 g/mol. The Hall–Kier alpha value is -2.45. The molecule has 2 N–H and O–H groups in total. The van der Waals surface area contributed by atoms with Crippen LogP contribution in [0.5, 0.6) is 0 Å². The summed E-state index contributed by atoms with van der Waals surface area (Å²) in [6, 6.07) is 9.53. The lowest BCUT2D eigenvalue weighted by atomic mass is 10.2. The molecule has 2 aromatic carbocycles.